The first kappa shape index (κ1) is 10.4. The van der Waals surface area contributed by atoms with Crippen LogP contribution in [0.3, 0.4) is 0 Å². The number of nitrogens with one attached hydrogen (secondary N) is 1. The molecule has 1 N–H and O–H groups in total. The van der Waals surface area contributed by atoms with Crippen LogP contribution in [0.5, 0.6) is 0 Å². The van der Waals surface area contributed by atoms with Gasteiger partial charge in [-0.3, -0.25) is 0 Å². The largest absolute Gasteiger partial charge is 0.307 e. The van der Waals surface area contributed by atoms with E-state index in [4.69, 9.17) is 0 Å². The molecule has 0 bridgehead atoms. The van der Waals surface area contributed by atoms with Gasteiger partial charge in [-0.1, -0.05) is 24.3 Å². The Bertz CT molecular complexity index is 301. The van der Waals surface area contributed by atoms with Crippen molar-refractivity contribution < 1.29 is 8.78 Å². The Balaban J connectivity index is 0.000000845. The van der Waals surface area contributed by atoms with E-state index in [-0.39, 0.29) is 24.5 Å². The topological polar surface area (TPSA) is 12.0 Å². The molecule has 1 heterocycles. The predicted octanol–water partition coefficient (Wildman–Crippen LogP) is 2.30. The van der Waals surface area contributed by atoms with Gasteiger partial charge in [-0.2, -0.15) is 8.78 Å². The van der Waals surface area contributed by atoms with Crippen LogP contribution in [0.2, 0.25) is 0 Å². The van der Waals surface area contributed by atoms with Crippen molar-refractivity contribution in [3.8, 4) is 0 Å². The van der Waals surface area contributed by atoms with Gasteiger partial charge in [-0.05, 0) is 5.56 Å². The second-order valence-corrected chi connectivity index (χ2v) is 2.97. The lowest BCUT2D eigenvalue weighted by Crippen LogP contribution is -2.36. The van der Waals surface area contributed by atoms with Crippen LogP contribution < -0.4 is 5.32 Å². The Hall–Kier alpha value is -0.670. The normalized spacial score (nSPS) is 18.6. The zero-order valence-electron chi connectivity index (χ0n) is 6.89. The summed E-state index contributed by atoms with van der Waals surface area (Å²) in [5, 5.41) is 2.68. The van der Waals surface area contributed by atoms with Crippen LogP contribution in [-0.2, 0) is 12.5 Å². The lowest BCUT2D eigenvalue weighted by Gasteiger charge is -2.25. The molecular weight excluding hydrogens is 196 g/mol. The van der Waals surface area contributed by atoms with Crippen molar-refractivity contribution in [3.63, 3.8) is 0 Å². The van der Waals surface area contributed by atoms with Gasteiger partial charge >= 0.3 is 0 Å². The van der Waals surface area contributed by atoms with Gasteiger partial charge in [-0.15, -0.1) is 12.4 Å². The van der Waals surface area contributed by atoms with E-state index < -0.39 is 5.92 Å². The zero-order chi connectivity index (χ0) is 8.60. The fourth-order valence-electron chi connectivity index (χ4n) is 1.48. The van der Waals surface area contributed by atoms with E-state index in [1.54, 1.807) is 18.2 Å². The molecule has 0 unspecified atom stereocenters. The van der Waals surface area contributed by atoms with Crippen LogP contribution in [0.4, 0.5) is 8.78 Å². The second-order valence-electron chi connectivity index (χ2n) is 2.97. The van der Waals surface area contributed by atoms with E-state index in [1.165, 1.54) is 6.07 Å². The van der Waals surface area contributed by atoms with Crippen molar-refractivity contribution in [2.24, 2.45) is 0 Å². The Morgan fingerprint density at radius 3 is 2.62 bits per heavy atom. The molecule has 0 aliphatic carbocycles. The molecule has 2 rings (SSSR count). The fraction of sp³-hybridized carbons (Fsp3) is 0.333. The summed E-state index contributed by atoms with van der Waals surface area (Å²) in [4.78, 5) is 0. The molecule has 0 aromatic heterocycles. The summed E-state index contributed by atoms with van der Waals surface area (Å²) in [5.74, 6) is -2.70. The zero-order valence-corrected chi connectivity index (χ0v) is 7.70. The average molecular weight is 206 g/mol. The number of benzene rings is 1. The quantitative estimate of drug-likeness (QED) is 0.686. The monoisotopic (exact) mass is 205 g/mol. The molecule has 0 radical (unpaired) electrons. The highest BCUT2D eigenvalue weighted by atomic mass is 35.5. The van der Waals surface area contributed by atoms with Crippen molar-refractivity contribution in [3.05, 3.63) is 35.4 Å². The number of hydrogen-bond acceptors (Lipinski definition) is 1. The Morgan fingerprint density at radius 1 is 1.23 bits per heavy atom. The van der Waals surface area contributed by atoms with E-state index >= 15 is 0 Å². The van der Waals surface area contributed by atoms with Gasteiger partial charge in [0.05, 0.1) is 6.54 Å². The van der Waals surface area contributed by atoms with Gasteiger partial charge in [-0.25, -0.2) is 0 Å². The minimum absolute atomic E-state index is 0. The van der Waals surface area contributed by atoms with Gasteiger partial charge in [0.2, 0.25) is 0 Å². The smallest absolute Gasteiger partial charge is 0.285 e. The highest BCUT2D eigenvalue weighted by Crippen LogP contribution is 2.32. The molecule has 1 nitrogen and oxygen atoms in total. The standard InChI is InChI=1S/C9H9F2N.ClH/c10-9(11)6-12-5-7-3-1-2-4-8(7)9;/h1-4,12H,5-6H2;1H. The van der Waals surface area contributed by atoms with E-state index in [0.29, 0.717) is 12.1 Å². The van der Waals surface area contributed by atoms with Gasteiger partial charge in [0.1, 0.15) is 0 Å². The molecule has 72 valence electrons. The molecule has 1 aromatic carbocycles. The first-order valence-electron chi connectivity index (χ1n) is 3.87. The number of alkyl halides is 2. The van der Waals surface area contributed by atoms with Crippen LogP contribution in [0.1, 0.15) is 11.1 Å². The Morgan fingerprint density at radius 2 is 1.92 bits per heavy atom. The van der Waals surface area contributed by atoms with Crippen LogP contribution in [-0.4, -0.2) is 6.54 Å². The maximum atomic E-state index is 13.1. The molecule has 0 atom stereocenters. The molecule has 0 spiro atoms. The molecule has 0 fully saturated rings. The summed E-state index contributed by atoms with van der Waals surface area (Å²) in [6.45, 7) is 0.301. The fourth-order valence-corrected chi connectivity index (χ4v) is 1.48. The third-order valence-electron chi connectivity index (χ3n) is 2.07. The number of hydrogen-bond donors (Lipinski definition) is 1. The van der Waals surface area contributed by atoms with E-state index in [2.05, 4.69) is 5.32 Å². The lowest BCUT2D eigenvalue weighted by molar-refractivity contribution is -0.0107. The highest BCUT2D eigenvalue weighted by Gasteiger charge is 2.35. The van der Waals surface area contributed by atoms with E-state index in [1.807, 2.05) is 0 Å². The maximum absolute atomic E-state index is 13.1. The molecule has 13 heavy (non-hydrogen) atoms. The summed E-state index contributed by atoms with van der Waals surface area (Å²) < 4.78 is 26.3. The third kappa shape index (κ3) is 1.81. The Kier molecular flexibility index (Phi) is 2.88. The highest BCUT2D eigenvalue weighted by molar-refractivity contribution is 5.85. The lowest BCUT2D eigenvalue weighted by atomic mass is 9.98. The minimum Gasteiger partial charge on any atom is -0.307 e. The molecule has 1 aromatic rings. The van der Waals surface area contributed by atoms with Crippen molar-refractivity contribution in [2.45, 2.75) is 12.5 Å². The molecule has 1 aliphatic rings. The van der Waals surface area contributed by atoms with Crippen molar-refractivity contribution >= 4 is 12.4 Å². The van der Waals surface area contributed by atoms with E-state index in [9.17, 15) is 8.78 Å². The summed E-state index contributed by atoms with van der Waals surface area (Å²) >= 11 is 0. The molecule has 1 aliphatic heterocycles. The van der Waals surface area contributed by atoms with E-state index in [0.717, 1.165) is 0 Å². The average Bonchev–Trinajstić information content (AvgIpc) is 2.04. The van der Waals surface area contributed by atoms with Gasteiger partial charge in [0.15, 0.2) is 0 Å². The Labute approximate surface area is 81.6 Å². The number of rotatable bonds is 0. The van der Waals surface area contributed by atoms with Crippen molar-refractivity contribution in [1.82, 2.24) is 5.32 Å². The van der Waals surface area contributed by atoms with Gasteiger partial charge < -0.3 is 5.32 Å². The second kappa shape index (κ2) is 3.60. The summed E-state index contributed by atoms with van der Waals surface area (Å²) in [6.07, 6.45) is 0. The molecule has 0 saturated carbocycles. The SMILES string of the molecule is Cl.FC1(F)CNCc2ccccc21. The van der Waals surface area contributed by atoms with Crippen molar-refractivity contribution in [2.75, 3.05) is 6.54 Å². The predicted molar refractivity (Wildman–Crippen MR) is 49.3 cm³/mol. The minimum atomic E-state index is -2.70. The molecular formula is C9H10ClF2N. The number of halogens is 3. The van der Waals surface area contributed by atoms with Crippen LogP contribution in [0, 0.1) is 0 Å². The first-order valence-corrected chi connectivity index (χ1v) is 3.87. The van der Waals surface area contributed by atoms with Gasteiger partial charge in [0.25, 0.3) is 5.92 Å². The summed E-state index contributed by atoms with van der Waals surface area (Å²) in [6, 6.07) is 6.66. The van der Waals surface area contributed by atoms with Crippen LogP contribution >= 0.6 is 12.4 Å². The van der Waals surface area contributed by atoms with Crippen LogP contribution in [0.25, 0.3) is 0 Å². The number of fused-ring (bicyclic) bond motifs is 1. The summed E-state index contributed by atoms with van der Waals surface area (Å²) in [5.41, 5.74) is 0.873. The maximum Gasteiger partial charge on any atom is 0.285 e. The third-order valence-corrected chi connectivity index (χ3v) is 2.07. The molecule has 0 saturated heterocycles. The van der Waals surface area contributed by atoms with Gasteiger partial charge in [0, 0.05) is 12.1 Å². The van der Waals surface area contributed by atoms with Crippen molar-refractivity contribution in [1.29, 1.82) is 0 Å². The molecule has 0 amide bonds. The first-order chi connectivity index (χ1) is 5.70. The molecule has 4 heteroatoms. The summed E-state index contributed by atoms with van der Waals surface area (Å²) in [7, 11) is 0. The van der Waals surface area contributed by atoms with Crippen LogP contribution in [0.15, 0.2) is 24.3 Å².